The average Bonchev–Trinajstić information content (AvgIpc) is 2.35. The average molecular weight is 267 g/mol. The third-order valence-corrected chi connectivity index (χ3v) is 2.45. The molecule has 0 aromatic rings. The summed E-state index contributed by atoms with van der Waals surface area (Å²) in [5.74, 6) is -0.649. The van der Waals surface area contributed by atoms with Gasteiger partial charge >= 0.3 is 5.97 Å². The molecule has 7 heteroatoms. The lowest BCUT2D eigenvalue weighted by atomic mass is 10.2. The summed E-state index contributed by atoms with van der Waals surface area (Å²) in [5, 5.41) is 5.65. The van der Waals surface area contributed by atoms with Gasteiger partial charge in [0.2, 0.25) is 5.91 Å². The summed E-state index contributed by atoms with van der Waals surface area (Å²) in [6.45, 7) is 3.40. The number of amides is 1. The van der Waals surface area contributed by atoms with E-state index in [1.807, 2.05) is 6.92 Å². The van der Waals surface area contributed by atoms with Crippen molar-refractivity contribution in [3.63, 3.8) is 0 Å². The Morgan fingerprint density at radius 2 is 2.29 bits per heavy atom. The van der Waals surface area contributed by atoms with E-state index in [-0.39, 0.29) is 24.4 Å². The fourth-order valence-corrected chi connectivity index (χ4v) is 1.48. The highest BCUT2D eigenvalue weighted by atomic mass is 35.5. The smallest absolute Gasteiger partial charge is 0.328 e. The lowest BCUT2D eigenvalue weighted by molar-refractivity contribution is -0.145. The number of nitrogens with one attached hydrogen (secondary N) is 2. The zero-order chi connectivity index (χ0) is 12.0. The van der Waals surface area contributed by atoms with Gasteiger partial charge in [0.25, 0.3) is 0 Å². The Balaban J connectivity index is 0.00000256. The first-order chi connectivity index (χ1) is 7.69. The Bertz CT molecular complexity index is 257. The number of ether oxygens (including phenoxy) is 2. The molecule has 100 valence electrons. The molecule has 0 aromatic carbocycles. The first kappa shape index (κ1) is 16.1. The summed E-state index contributed by atoms with van der Waals surface area (Å²) < 4.78 is 9.75. The maximum Gasteiger partial charge on any atom is 0.328 e. The molecule has 0 aromatic heterocycles. The van der Waals surface area contributed by atoms with Crippen LogP contribution in [0.1, 0.15) is 13.3 Å². The van der Waals surface area contributed by atoms with Gasteiger partial charge in [-0.3, -0.25) is 4.79 Å². The summed E-state index contributed by atoms with van der Waals surface area (Å²) >= 11 is 0. The van der Waals surface area contributed by atoms with E-state index in [1.165, 1.54) is 7.11 Å². The van der Waals surface area contributed by atoms with E-state index < -0.39 is 12.0 Å². The minimum absolute atomic E-state index is 0. The van der Waals surface area contributed by atoms with Crippen LogP contribution >= 0.6 is 12.4 Å². The standard InChI is InChI=1S/C10H18N2O4.ClH/c1-3-7(10(14)15-2)12-9(13)8-6-16-5-4-11-8;/h7-8,11H,3-6H2,1-2H3,(H,12,13);1H. The molecule has 0 aliphatic carbocycles. The highest BCUT2D eigenvalue weighted by Crippen LogP contribution is 1.98. The second kappa shape index (κ2) is 8.27. The van der Waals surface area contributed by atoms with Crippen LogP contribution in [0, 0.1) is 0 Å². The van der Waals surface area contributed by atoms with E-state index >= 15 is 0 Å². The second-order valence-electron chi connectivity index (χ2n) is 3.57. The molecule has 1 saturated heterocycles. The SMILES string of the molecule is CCC(NC(=O)C1COCCN1)C(=O)OC.Cl. The third kappa shape index (κ3) is 4.89. The highest BCUT2D eigenvalue weighted by Gasteiger charge is 2.26. The molecule has 2 unspecified atom stereocenters. The summed E-state index contributed by atoms with van der Waals surface area (Å²) in [6, 6.07) is -0.964. The molecule has 1 rings (SSSR count). The fraction of sp³-hybridized carbons (Fsp3) is 0.800. The molecule has 2 N–H and O–H groups in total. The molecule has 2 atom stereocenters. The lowest BCUT2D eigenvalue weighted by Gasteiger charge is -2.24. The van der Waals surface area contributed by atoms with Crippen LogP contribution in [0.2, 0.25) is 0 Å². The quantitative estimate of drug-likeness (QED) is 0.669. The number of esters is 1. The van der Waals surface area contributed by atoms with Gasteiger partial charge in [0, 0.05) is 6.54 Å². The second-order valence-corrected chi connectivity index (χ2v) is 3.57. The molecule has 0 radical (unpaired) electrons. The van der Waals surface area contributed by atoms with E-state index in [9.17, 15) is 9.59 Å². The normalized spacial score (nSPS) is 20.9. The maximum absolute atomic E-state index is 11.7. The van der Waals surface area contributed by atoms with Crippen molar-refractivity contribution in [2.24, 2.45) is 0 Å². The molecule has 0 bridgehead atoms. The van der Waals surface area contributed by atoms with E-state index in [1.54, 1.807) is 0 Å². The van der Waals surface area contributed by atoms with Gasteiger partial charge in [0.15, 0.2) is 0 Å². The number of rotatable bonds is 4. The van der Waals surface area contributed by atoms with Crippen molar-refractivity contribution in [3.05, 3.63) is 0 Å². The predicted molar refractivity (Wildman–Crippen MR) is 64.1 cm³/mol. The Kier molecular flexibility index (Phi) is 7.86. The zero-order valence-electron chi connectivity index (χ0n) is 10.0. The monoisotopic (exact) mass is 266 g/mol. The number of carbonyl (C=O) groups excluding carboxylic acids is 2. The summed E-state index contributed by atoms with van der Waals surface area (Å²) in [5.41, 5.74) is 0. The predicted octanol–water partition coefficient (Wildman–Crippen LogP) is -0.536. The van der Waals surface area contributed by atoms with Crippen molar-refractivity contribution in [2.45, 2.75) is 25.4 Å². The molecule has 1 fully saturated rings. The summed E-state index contributed by atoms with van der Waals surface area (Å²) in [6.07, 6.45) is 0.506. The molecule has 1 heterocycles. The maximum atomic E-state index is 11.7. The van der Waals surface area contributed by atoms with Crippen LogP contribution in [0.25, 0.3) is 0 Å². The zero-order valence-corrected chi connectivity index (χ0v) is 10.8. The fourth-order valence-electron chi connectivity index (χ4n) is 1.48. The van der Waals surface area contributed by atoms with Crippen LogP contribution in [0.4, 0.5) is 0 Å². The lowest BCUT2D eigenvalue weighted by Crippen LogP contribution is -2.54. The highest BCUT2D eigenvalue weighted by molar-refractivity contribution is 5.87. The Labute approximate surface area is 107 Å². The van der Waals surface area contributed by atoms with Gasteiger partial charge in [-0.1, -0.05) is 6.92 Å². The molecule has 17 heavy (non-hydrogen) atoms. The van der Waals surface area contributed by atoms with Crippen LogP contribution in [-0.4, -0.2) is 50.8 Å². The Morgan fingerprint density at radius 1 is 1.59 bits per heavy atom. The first-order valence-corrected chi connectivity index (χ1v) is 5.38. The molecular weight excluding hydrogens is 248 g/mol. The van der Waals surface area contributed by atoms with Crippen LogP contribution in [0.5, 0.6) is 0 Å². The van der Waals surface area contributed by atoms with Crippen molar-refractivity contribution < 1.29 is 19.1 Å². The van der Waals surface area contributed by atoms with Crippen molar-refractivity contribution in [3.8, 4) is 0 Å². The van der Waals surface area contributed by atoms with E-state index in [2.05, 4.69) is 15.4 Å². The molecular formula is C10H19ClN2O4. The third-order valence-electron chi connectivity index (χ3n) is 2.45. The van der Waals surface area contributed by atoms with Gasteiger partial charge in [-0.15, -0.1) is 12.4 Å². The van der Waals surface area contributed by atoms with Crippen molar-refractivity contribution in [1.29, 1.82) is 0 Å². The van der Waals surface area contributed by atoms with Crippen molar-refractivity contribution >= 4 is 24.3 Å². The number of hydrogen-bond acceptors (Lipinski definition) is 5. The van der Waals surface area contributed by atoms with Crippen molar-refractivity contribution in [1.82, 2.24) is 10.6 Å². The van der Waals surface area contributed by atoms with Gasteiger partial charge in [0.1, 0.15) is 12.1 Å². The van der Waals surface area contributed by atoms with E-state index in [4.69, 9.17) is 4.74 Å². The van der Waals surface area contributed by atoms with Crippen LogP contribution in [0.15, 0.2) is 0 Å². The molecule has 0 saturated carbocycles. The molecule has 6 nitrogen and oxygen atoms in total. The minimum atomic E-state index is -0.582. The van der Waals surface area contributed by atoms with Crippen LogP contribution in [-0.2, 0) is 19.1 Å². The van der Waals surface area contributed by atoms with Gasteiger partial charge in [-0.2, -0.15) is 0 Å². The van der Waals surface area contributed by atoms with E-state index in [0.717, 1.165) is 0 Å². The number of hydrogen-bond donors (Lipinski definition) is 2. The molecule has 1 aliphatic rings. The first-order valence-electron chi connectivity index (χ1n) is 5.38. The van der Waals surface area contributed by atoms with Crippen molar-refractivity contribution in [2.75, 3.05) is 26.9 Å². The Hall–Kier alpha value is -0.850. The van der Waals surface area contributed by atoms with Gasteiger partial charge in [0.05, 0.1) is 20.3 Å². The summed E-state index contributed by atoms with van der Waals surface area (Å²) in [4.78, 5) is 23.0. The van der Waals surface area contributed by atoms with Gasteiger partial charge in [-0.05, 0) is 6.42 Å². The molecule has 1 aliphatic heterocycles. The van der Waals surface area contributed by atoms with Gasteiger partial charge in [-0.25, -0.2) is 4.79 Å². The largest absolute Gasteiger partial charge is 0.467 e. The van der Waals surface area contributed by atoms with Gasteiger partial charge < -0.3 is 20.1 Å². The topological polar surface area (TPSA) is 76.7 Å². The Morgan fingerprint density at radius 3 is 2.76 bits per heavy atom. The number of morpholine rings is 1. The number of methoxy groups -OCH3 is 1. The van der Waals surface area contributed by atoms with Crippen LogP contribution in [0.3, 0.4) is 0 Å². The molecule has 1 amide bonds. The molecule has 0 spiro atoms. The number of halogens is 1. The van der Waals surface area contributed by atoms with E-state index in [0.29, 0.717) is 26.2 Å². The van der Waals surface area contributed by atoms with Crippen LogP contribution < -0.4 is 10.6 Å². The minimum Gasteiger partial charge on any atom is -0.467 e. The summed E-state index contributed by atoms with van der Waals surface area (Å²) in [7, 11) is 1.30. The number of carbonyl (C=O) groups is 2.